The Kier molecular flexibility index (Phi) is 4.47. The molecule has 1 atom stereocenters. The molecule has 0 saturated heterocycles. The van der Waals surface area contributed by atoms with Crippen molar-refractivity contribution in [3.8, 4) is 11.5 Å². The van der Waals surface area contributed by atoms with Crippen LogP contribution in [0.1, 0.15) is 49.2 Å². The topological polar surface area (TPSA) is 80.5 Å². The van der Waals surface area contributed by atoms with Crippen molar-refractivity contribution in [2.45, 2.75) is 44.0 Å². The van der Waals surface area contributed by atoms with Gasteiger partial charge in [-0.25, -0.2) is 4.98 Å². The first kappa shape index (κ1) is 15.7. The van der Waals surface area contributed by atoms with Gasteiger partial charge < -0.3 is 4.42 Å². The minimum Gasteiger partial charge on any atom is -0.419 e. The number of rotatable bonds is 5. The van der Waals surface area contributed by atoms with Crippen LogP contribution in [-0.2, 0) is 0 Å². The Morgan fingerprint density at radius 2 is 1.83 bits per heavy atom. The van der Waals surface area contributed by atoms with Crippen molar-refractivity contribution in [1.29, 1.82) is 0 Å². The fourth-order valence-corrected chi connectivity index (χ4v) is 2.75. The van der Waals surface area contributed by atoms with Gasteiger partial charge in [-0.3, -0.25) is 5.10 Å². The standard InChI is InChI=1S/C16H19N5OS/c1-9(2)13-17-16(21-18-13)23-11(4)14-19-20-15(22-14)12-7-5-10(3)6-8-12/h5-9,11H,1-4H3,(H,17,18,21). The lowest BCUT2D eigenvalue weighted by atomic mass is 10.1. The number of nitrogens with one attached hydrogen (secondary N) is 1. The molecule has 2 heterocycles. The Morgan fingerprint density at radius 1 is 1.09 bits per heavy atom. The van der Waals surface area contributed by atoms with Crippen molar-refractivity contribution in [3.05, 3.63) is 41.5 Å². The van der Waals surface area contributed by atoms with E-state index < -0.39 is 0 Å². The van der Waals surface area contributed by atoms with Gasteiger partial charge in [-0.15, -0.1) is 15.3 Å². The van der Waals surface area contributed by atoms with E-state index in [1.807, 2.05) is 38.1 Å². The molecule has 23 heavy (non-hydrogen) atoms. The highest BCUT2D eigenvalue weighted by molar-refractivity contribution is 7.99. The Morgan fingerprint density at radius 3 is 2.48 bits per heavy atom. The molecule has 6 nitrogen and oxygen atoms in total. The van der Waals surface area contributed by atoms with E-state index in [1.165, 1.54) is 17.3 Å². The molecule has 0 fully saturated rings. The highest BCUT2D eigenvalue weighted by Crippen LogP contribution is 2.33. The molecule has 1 aromatic carbocycles. The lowest BCUT2D eigenvalue weighted by Crippen LogP contribution is -1.91. The van der Waals surface area contributed by atoms with Crippen LogP contribution in [0.15, 0.2) is 33.8 Å². The summed E-state index contributed by atoms with van der Waals surface area (Å²) in [5, 5.41) is 16.1. The smallest absolute Gasteiger partial charge is 0.247 e. The van der Waals surface area contributed by atoms with Crippen LogP contribution in [0.3, 0.4) is 0 Å². The predicted molar refractivity (Wildman–Crippen MR) is 89.2 cm³/mol. The second kappa shape index (κ2) is 6.54. The number of thioether (sulfide) groups is 1. The van der Waals surface area contributed by atoms with E-state index in [0.29, 0.717) is 22.9 Å². The molecule has 0 spiro atoms. The number of H-pyrrole nitrogens is 1. The van der Waals surface area contributed by atoms with Gasteiger partial charge in [-0.1, -0.05) is 43.3 Å². The molecule has 7 heteroatoms. The highest BCUT2D eigenvalue weighted by atomic mass is 32.2. The van der Waals surface area contributed by atoms with Crippen molar-refractivity contribution >= 4 is 11.8 Å². The average molecular weight is 329 g/mol. The van der Waals surface area contributed by atoms with E-state index in [4.69, 9.17) is 4.42 Å². The zero-order valence-corrected chi connectivity index (χ0v) is 14.4. The highest BCUT2D eigenvalue weighted by Gasteiger charge is 2.18. The number of aromatic amines is 1. The summed E-state index contributed by atoms with van der Waals surface area (Å²) >= 11 is 1.50. The van der Waals surface area contributed by atoms with Gasteiger partial charge in [0, 0.05) is 11.5 Å². The molecular formula is C16H19N5OS. The Hall–Kier alpha value is -2.15. The van der Waals surface area contributed by atoms with Gasteiger partial charge in [0.25, 0.3) is 0 Å². The third-order valence-electron chi connectivity index (χ3n) is 3.40. The normalized spacial score (nSPS) is 12.7. The molecule has 120 valence electrons. The van der Waals surface area contributed by atoms with Crippen molar-refractivity contribution in [3.63, 3.8) is 0 Å². The second-order valence-corrected chi connectivity index (χ2v) is 7.04. The van der Waals surface area contributed by atoms with Crippen LogP contribution in [0.4, 0.5) is 0 Å². The van der Waals surface area contributed by atoms with Gasteiger partial charge >= 0.3 is 0 Å². The third-order valence-corrected chi connectivity index (χ3v) is 4.35. The minimum atomic E-state index is -0.0162. The summed E-state index contributed by atoms with van der Waals surface area (Å²) in [7, 11) is 0. The molecule has 0 radical (unpaired) electrons. The molecule has 0 amide bonds. The molecule has 0 aliphatic rings. The number of aromatic nitrogens is 5. The van der Waals surface area contributed by atoms with Crippen LogP contribution in [0.5, 0.6) is 0 Å². The first-order chi connectivity index (χ1) is 11.0. The summed E-state index contributed by atoms with van der Waals surface area (Å²) in [4.78, 5) is 4.46. The summed E-state index contributed by atoms with van der Waals surface area (Å²) in [5.41, 5.74) is 2.12. The molecule has 0 bridgehead atoms. The molecule has 3 aromatic rings. The van der Waals surface area contributed by atoms with Crippen LogP contribution < -0.4 is 0 Å². The average Bonchev–Trinajstić information content (AvgIpc) is 3.17. The van der Waals surface area contributed by atoms with Gasteiger partial charge in [0.05, 0.1) is 5.25 Å². The van der Waals surface area contributed by atoms with Crippen molar-refractivity contribution in [1.82, 2.24) is 25.4 Å². The van der Waals surface area contributed by atoms with Crippen molar-refractivity contribution < 1.29 is 4.42 Å². The number of hydrogen-bond acceptors (Lipinski definition) is 6. The number of benzene rings is 1. The number of aryl methyl sites for hydroxylation is 1. The molecule has 1 N–H and O–H groups in total. The fraction of sp³-hybridized carbons (Fsp3) is 0.375. The van der Waals surface area contributed by atoms with Crippen LogP contribution >= 0.6 is 11.8 Å². The minimum absolute atomic E-state index is 0.0162. The monoisotopic (exact) mass is 329 g/mol. The second-order valence-electron chi connectivity index (χ2n) is 5.73. The molecule has 0 aliphatic heterocycles. The summed E-state index contributed by atoms with van der Waals surface area (Å²) < 4.78 is 5.79. The van der Waals surface area contributed by atoms with Crippen LogP contribution in [0.25, 0.3) is 11.5 Å². The van der Waals surface area contributed by atoms with E-state index in [0.717, 1.165) is 11.4 Å². The van der Waals surface area contributed by atoms with Gasteiger partial charge in [0.15, 0.2) is 0 Å². The summed E-state index contributed by atoms with van der Waals surface area (Å²) in [5.74, 6) is 2.31. The summed E-state index contributed by atoms with van der Waals surface area (Å²) in [6.07, 6.45) is 0. The molecule has 1 unspecified atom stereocenters. The maximum absolute atomic E-state index is 5.79. The fourth-order valence-electron chi connectivity index (χ4n) is 1.99. The van der Waals surface area contributed by atoms with Crippen molar-refractivity contribution in [2.75, 3.05) is 0 Å². The van der Waals surface area contributed by atoms with Gasteiger partial charge in [0.1, 0.15) is 5.82 Å². The van der Waals surface area contributed by atoms with E-state index in [9.17, 15) is 0 Å². The van der Waals surface area contributed by atoms with Crippen LogP contribution in [-0.4, -0.2) is 25.4 Å². The van der Waals surface area contributed by atoms with Gasteiger partial charge in [-0.05, 0) is 26.0 Å². The molecule has 0 aliphatic carbocycles. The van der Waals surface area contributed by atoms with E-state index in [2.05, 4.69) is 39.2 Å². The van der Waals surface area contributed by atoms with Crippen LogP contribution in [0, 0.1) is 6.92 Å². The summed E-state index contributed by atoms with van der Waals surface area (Å²) in [6.45, 7) is 8.20. The first-order valence-corrected chi connectivity index (χ1v) is 8.40. The maximum Gasteiger partial charge on any atom is 0.247 e. The van der Waals surface area contributed by atoms with Crippen molar-refractivity contribution in [2.24, 2.45) is 0 Å². The molecule has 0 saturated carbocycles. The zero-order chi connectivity index (χ0) is 16.4. The number of nitrogens with zero attached hydrogens (tertiary/aromatic N) is 4. The quantitative estimate of drug-likeness (QED) is 0.709. The third kappa shape index (κ3) is 3.61. The molecule has 3 rings (SSSR count). The van der Waals surface area contributed by atoms with E-state index in [1.54, 1.807) is 0 Å². The first-order valence-electron chi connectivity index (χ1n) is 7.52. The lowest BCUT2D eigenvalue weighted by molar-refractivity contribution is 0.509. The number of hydrogen-bond donors (Lipinski definition) is 1. The largest absolute Gasteiger partial charge is 0.419 e. The summed E-state index contributed by atoms with van der Waals surface area (Å²) in [6, 6.07) is 8.01. The molecular weight excluding hydrogens is 310 g/mol. The Labute approximate surface area is 139 Å². The lowest BCUT2D eigenvalue weighted by Gasteiger charge is -2.02. The predicted octanol–water partition coefficient (Wildman–Crippen LogP) is 4.14. The maximum atomic E-state index is 5.79. The van der Waals surface area contributed by atoms with Crippen LogP contribution in [0.2, 0.25) is 0 Å². The van der Waals surface area contributed by atoms with E-state index in [-0.39, 0.29) is 5.25 Å². The zero-order valence-electron chi connectivity index (χ0n) is 13.6. The van der Waals surface area contributed by atoms with E-state index >= 15 is 0 Å². The molecule has 2 aromatic heterocycles. The Balaban J connectivity index is 1.72. The van der Waals surface area contributed by atoms with Gasteiger partial charge in [0.2, 0.25) is 16.9 Å². The SMILES string of the molecule is Cc1ccc(-c2nnc(C(C)Sc3n[nH]c(C(C)C)n3)o2)cc1. The Bertz CT molecular complexity index is 778. The van der Waals surface area contributed by atoms with Gasteiger partial charge in [-0.2, -0.15) is 0 Å².